The van der Waals surface area contributed by atoms with Gasteiger partial charge in [0.15, 0.2) is 5.75 Å². The van der Waals surface area contributed by atoms with Gasteiger partial charge in [-0.3, -0.25) is 4.90 Å². The fourth-order valence-corrected chi connectivity index (χ4v) is 3.81. The minimum atomic E-state index is -0.217. The van der Waals surface area contributed by atoms with Gasteiger partial charge in [-0.05, 0) is 42.3 Å². The highest BCUT2D eigenvalue weighted by Crippen LogP contribution is 2.31. The number of benzene rings is 1. The molecule has 1 atom stereocenters. The SMILES string of the molecule is Fc1ccc2c(C3=CCN(CC4COc5cccnc5O4)CC3)c[nH]c2c1. The predicted octanol–water partition coefficient (Wildman–Crippen LogP) is 3.63. The van der Waals surface area contributed by atoms with E-state index >= 15 is 0 Å². The number of rotatable bonds is 3. The van der Waals surface area contributed by atoms with E-state index in [1.165, 1.54) is 17.2 Å². The second kappa shape index (κ2) is 6.70. The fourth-order valence-electron chi connectivity index (χ4n) is 3.81. The van der Waals surface area contributed by atoms with Crippen molar-refractivity contribution in [1.82, 2.24) is 14.9 Å². The molecule has 2 aromatic heterocycles. The Kier molecular flexibility index (Phi) is 4.05. The summed E-state index contributed by atoms with van der Waals surface area (Å²) in [5.41, 5.74) is 3.31. The lowest BCUT2D eigenvalue weighted by Crippen LogP contribution is -2.42. The van der Waals surface area contributed by atoms with Crippen LogP contribution in [0.15, 0.2) is 48.8 Å². The molecule has 0 bridgehead atoms. The van der Waals surface area contributed by atoms with Crippen LogP contribution in [-0.2, 0) is 0 Å². The van der Waals surface area contributed by atoms with Crippen molar-refractivity contribution < 1.29 is 13.9 Å². The fraction of sp³-hybridized carbons (Fsp3) is 0.286. The average molecular weight is 365 g/mol. The number of aromatic nitrogens is 2. The molecule has 1 N–H and O–H groups in total. The molecule has 0 amide bonds. The molecular weight excluding hydrogens is 345 g/mol. The Balaban J connectivity index is 1.26. The van der Waals surface area contributed by atoms with Crippen molar-refractivity contribution in [3.05, 3.63) is 60.2 Å². The van der Waals surface area contributed by atoms with Gasteiger partial charge in [0.1, 0.15) is 18.5 Å². The molecule has 0 fully saturated rings. The summed E-state index contributed by atoms with van der Waals surface area (Å²) in [5.74, 6) is 1.07. The van der Waals surface area contributed by atoms with E-state index < -0.39 is 0 Å². The highest BCUT2D eigenvalue weighted by Gasteiger charge is 2.25. The van der Waals surface area contributed by atoms with E-state index in [-0.39, 0.29) is 11.9 Å². The Bertz CT molecular complexity index is 1010. The van der Waals surface area contributed by atoms with Gasteiger partial charge in [0.2, 0.25) is 0 Å². The number of H-pyrrole nitrogens is 1. The largest absolute Gasteiger partial charge is 0.484 e. The molecule has 5 nitrogen and oxygen atoms in total. The molecule has 1 unspecified atom stereocenters. The van der Waals surface area contributed by atoms with Crippen LogP contribution in [0.3, 0.4) is 0 Å². The molecule has 5 rings (SSSR count). The van der Waals surface area contributed by atoms with Gasteiger partial charge < -0.3 is 14.5 Å². The third-order valence-electron chi connectivity index (χ3n) is 5.18. The molecule has 0 saturated carbocycles. The molecule has 138 valence electrons. The van der Waals surface area contributed by atoms with Crippen LogP contribution in [-0.4, -0.2) is 47.2 Å². The molecule has 6 heteroatoms. The zero-order valence-electron chi connectivity index (χ0n) is 14.8. The van der Waals surface area contributed by atoms with E-state index in [0.717, 1.165) is 37.0 Å². The van der Waals surface area contributed by atoms with Gasteiger partial charge in [0, 0.05) is 48.5 Å². The smallest absolute Gasteiger partial charge is 0.257 e. The first-order valence-electron chi connectivity index (χ1n) is 9.19. The topological polar surface area (TPSA) is 50.4 Å². The number of nitrogens with zero attached hydrogens (tertiary/aromatic N) is 2. The zero-order chi connectivity index (χ0) is 18.2. The Morgan fingerprint density at radius 1 is 1.30 bits per heavy atom. The van der Waals surface area contributed by atoms with E-state index in [1.807, 2.05) is 24.4 Å². The normalized spacial score (nSPS) is 19.9. The number of fused-ring (bicyclic) bond motifs is 2. The lowest BCUT2D eigenvalue weighted by atomic mass is 9.98. The van der Waals surface area contributed by atoms with Gasteiger partial charge in [-0.2, -0.15) is 0 Å². The third-order valence-corrected chi connectivity index (χ3v) is 5.18. The zero-order valence-corrected chi connectivity index (χ0v) is 14.8. The second-order valence-corrected chi connectivity index (χ2v) is 6.99. The number of aromatic amines is 1. The monoisotopic (exact) mass is 365 g/mol. The maximum Gasteiger partial charge on any atom is 0.257 e. The van der Waals surface area contributed by atoms with Gasteiger partial charge >= 0.3 is 0 Å². The number of hydrogen-bond donors (Lipinski definition) is 1. The molecule has 2 aliphatic rings. The van der Waals surface area contributed by atoms with E-state index in [9.17, 15) is 4.39 Å². The van der Waals surface area contributed by atoms with E-state index in [4.69, 9.17) is 9.47 Å². The maximum absolute atomic E-state index is 13.4. The summed E-state index contributed by atoms with van der Waals surface area (Å²) in [4.78, 5) is 9.77. The third kappa shape index (κ3) is 3.17. The van der Waals surface area contributed by atoms with Crippen molar-refractivity contribution in [3.8, 4) is 11.6 Å². The highest BCUT2D eigenvalue weighted by atomic mass is 19.1. The molecular formula is C21H20FN3O2. The molecule has 4 heterocycles. The molecule has 0 spiro atoms. The summed E-state index contributed by atoms with van der Waals surface area (Å²) in [6, 6.07) is 8.63. The van der Waals surface area contributed by atoms with Gasteiger partial charge in [-0.1, -0.05) is 6.08 Å². The van der Waals surface area contributed by atoms with E-state index in [2.05, 4.69) is 20.9 Å². The van der Waals surface area contributed by atoms with Crippen LogP contribution in [0.5, 0.6) is 11.6 Å². The van der Waals surface area contributed by atoms with Crippen LogP contribution in [0.4, 0.5) is 4.39 Å². The molecule has 0 aliphatic carbocycles. The lowest BCUT2D eigenvalue weighted by Gasteiger charge is -2.32. The van der Waals surface area contributed by atoms with Crippen LogP contribution in [0.2, 0.25) is 0 Å². The Morgan fingerprint density at radius 2 is 2.26 bits per heavy atom. The van der Waals surface area contributed by atoms with Gasteiger partial charge in [-0.15, -0.1) is 0 Å². The molecule has 0 saturated heterocycles. The van der Waals surface area contributed by atoms with Crippen molar-refractivity contribution in [3.63, 3.8) is 0 Å². The first-order valence-corrected chi connectivity index (χ1v) is 9.19. The number of nitrogens with one attached hydrogen (secondary N) is 1. The summed E-state index contributed by atoms with van der Waals surface area (Å²) in [7, 11) is 0. The van der Waals surface area contributed by atoms with Crippen molar-refractivity contribution in [2.24, 2.45) is 0 Å². The molecule has 0 radical (unpaired) electrons. The van der Waals surface area contributed by atoms with Crippen LogP contribution in [0, 0.1) is 5.82 Å². The minimum Gasteiger partial charge on any atom is -0.484 e. The molecule has 2 aliphatic heterocycles. The minimum absolute atomic E-state index is 0.0154. The Morgan fingerprint density at radius 3 is 3.15 bits per heavy atom. The van der Waals surface area contributed by atoms with E-state index in [0.29, 0.717) is 18.2 Å². The molecule has 27 heavy (non-hydrogen) atoms. The number of halogens is 1. The summed E-state index contributed by atoms with van der Waals surface area (Å²) in [6.45, 7) is 3.16. The van der Waals surface area contributed by atoms with Gasteiger partial charge in [0.05, 0.1) is 0 Å². The summed E-state index contributed by atoms with van der Waals surface area (Å²) in [5, 5.41) is 1.07. The van der Waals surface area contributed by atoms with Crippen LogP contribution >= 0.6 is 0 Å². The number of ether oxygens (including phenoxy) is 2. The Hall–Kier alpha value is -2.86. The van der Waals surface area contributed by atoms with Crippen molar-refractivity contribution in [1.29, 1.82) is 0 Å². The number of hydrogen-bond acceptors (Lipinski definition) is 4. The molecule has 1 aromatic carbocycles. The summed E-state index contributed by atoms with van der Waals surface area (Å²) in [6.07, 6.45) is 6.89. The number of pyridine rings is 1. The first kappa shape index (κ1) is 16.3. The summed E-state index contributed by atoms with van der Waals surface area (Å²) >= 11 is 0. The van der Waals surface area contributed by atoms with Gasteiger partial charge in [-0.25, -0.2) is 9.37 Å². The van der Waals surface area contributed by atoms with Crippen LogP contribution in [0.1, 0.15) is 12.0 Å². The predicted molar refractivity (Wildman–Crippen MR) is 101 cm³/mol. The van der Waals surface area contributed by atoms with Crippen molar-refractivity contribution in [2.45, 2.75) is 12.5 Å². The van der Waals surface area contributed by atoms with Crippen molar-refractivity contribution in [2.75, 3.05) is 26.2 Å². The highest BCUT2D eigenvalue weighted by molar-refractivity contribution is 5.92. The van der Waals surface area contributed by atoms with Crippen LogP contribution in [0.25, 0.3) is 16.5 Å². The molecule has 3 aromatic rings. The van der Waals surface area contributed by atoms with Crippen LogP contribution < -0.4 is 9.47 Å². The second-order valence-electron chi connectivity index (χ2n) is 6.99. The first-order chi connectivity index (χ1) is 13.3. The lowest BCUT2D eigenvalue weighted by molar-refractivity contribution is 0.0567. The summed E-state index contributed by atoms with van der Waals surface area (Å²) < 4.78 is 25.1. The standard InChI is InChI=1S/C21H20FN3O2/c22-15-3-4-17-18(11-24-19(17)10-15)14-5-8-25(9-6-14)12-16-13-26-20-2-1-7-23-21(20)27-16/h1-5,7,10-11,16,24H,6,8-9,12-13H2. The van der Waals surface area contributed by atoms with Crippen molar-refractivity contribution >= 4 is 16.5 Å². The van der Waals surface area contributed by atoms with E-state index in [1.54, 1.807) is 12.3 Å². The maximum atomic E-state index is 13.4. The quantitative estimate of drug-likeness (QED) is 0.770. The average Bonchev–Trinajstić information content (AvgIpc) is 3.11. The Labute approximate surface area is 156 Å². The van der Waals surface area contributed by atoms with Gasteiger partial charge in [0.25, 0.3) is 5.88 Å².